The summed E-state index contributed by atoms with van der Waals surface area (Å²) in [5.74, 6) is 1.83. The minimum Gasteiger partial charge on any atom is -0.464 e. The zero-order valence-electron chi connectivity index (χ0n) is 17.0. The maximum Gasteiger partial charge on any atom is 0.414 e. The molecule has 8 heteroatoms. The summed E-state index contributed by atoms with van der Waals surface area (Å²) in [5.41, 5.74) is 0. The SMILES string of the molecule is CCCCN(CCCC)C(=S)SS(CCCC)(CCCC)NC(=O)O.S. The maximum absolute atomic E-state index is 11.5. The monoisotopic (exact) mass is 444 g/mol. The van der Waals surface area contributed by atoms with E-state index in [1.807, 2.05) is 0 Å². The van der Waals surface area contributed by atoms with Crippen LogP contribution < -0.4 is 4.72 Å². The molecule has 0 saturated carbocycles. The number of nitrogens with zero attached hydrogens (tertiary/aromatic N) is 1. The van der Waals surface area contributed by atoms with Crippen molar-refractivity contribution >= 4 is 56.2 Å². The molecule has 0 spiro atoms. The molecular formula is C18H40N2O2S4. The first kappa shape index (κ1) is 28.4. The van der Waals surface area contributed by atoms with Gasteiger partial charge in [-0.15, -0.1) is 9.25 Å². The number of hydrogen-bond acceptors (Lipinski definition) is 3. The van der Waals surface area contributed by atoms with Crippen LogP contribution in [0.1, 0.15) is 79.1 Å². The molecule has 4 nitrogen and oxygen atoms in total. The fourth-order valence-corrected chi connectivity index (χ4v) is 9.45. The van der Waals surface area contributed by atoms with Crippen molar-refractivity contribution in [3.05, 3.63) is 0 Å². The Labute approximate surface area is 178 Å². The van der Waals surface area contributed by atoms with E-state index in [1.54, 1.807) is 10.8 Å². The van der Waals surface area contributed by atoms with Gasteiger partial charge in [-0.2, -0.15) is 13.5 Å². The molecule has 2 N–H and O–H groups in total. The van der Waals surface area contributed by atoms with Gasteiger partial charge in [-0.25, -0.2) is 4.79 Å². The molecule has 0 aliphatic rings. The molecule has 0 bridgehead atoms. The molecule has 26 heavy (non-hydrogen) atoms. The largest absolute Gasteiger partial charge is 0.464 e. The Balaban J connectivity index is 0. The number of carboxylic acid groups (broad SMARTS) is 1. The van der Waals surface area contributed by atoms with Crippen LogP contribution >= 0.6 is 45.8 Å². The van der Waals surface area contributed by atoms with Crippen LogP contribution in [0, 0.1) is 0 Å². The smallest absolute Gasteiger partial charge is 0.414 e. The number of carbonyl (C=O) groups is 1. The summed E-state index contributed by atoms with van der Waals surface area (Å²) in [5, 5.41) is 9.42. The van der Waals surface area contributed by atoms with Crippen LogP contribution in [0.5, 0.6) is 0 Å². The predicted octanol–water partition coefficient (Wildman–Crippen LogP) is 6.52. The van der Waals surface area contributed by atoms with Crippen molar-refractivity contribution in [2.24, 2.45) is 0 Å². The van der Waals surface area contributed by atoms with Gasteiger partial charge in [0.15, 0.2) is 0 Å². The molecule has 0 radical (unpaired) electrons. The van der Waals surface area contributed by atoms with Crippen molar-refractivity contribution in [2.45, 2.75) is 79.1 Å². The second kappa shape index (κ2) is 17.3. The molecule has 0 heterocycles. The summed E-state index contributed by atoms with van der Waals surface area (Å²) in [6.07, 6.45) is 7.87. The lowest BCUT2D eigenvalue weighted by atomic mass is 10.3. The molecule has 0 saturated heterocycles. The number of unbranched alkanes of at least 4 members (excludes halogenated alkanes) is 4. The minimum atomic E-state index is -1.53. The average Bonchev–Trinajstić information content (AvgIpc) is 2.57. The Bertz CT molecular complexity index is 368. The molecule has 0 fully saturated rings. The fraction of sp³-hybridized carbons (Fsp3) is 0.889. The average molecular weight is 445 g/mol. The van der Waals surface area contributed by atoms with Crippen LogP contribution in [-0.2, 0) is 0 Å². The Hall–Kier alpha value is 0.210. The summed E-state index contributed by atoms with van der Waals surface area (Å²) in [6.45, 7) is 10.7. The lowest BCUT2D eigenvalue weighted by Gasteiger charge is -2.40. The molecule has 0 aromatic carbocycles. The third kappa shape index (κ3) is 12.6. The van der Waals surface area contributed by atoms with Crippen molar-refractivity contribution in [3.8, 4) is 0 Å². The predicted molar refractivity (Wildman–Crippen MR) is 130 cm³/mol. The van der Waals surface area contributed by atoms with Gasteiger partial charge in [0.2, 0.25) is 0 Å². The molecule has 0 rings (SSSR count). The van der Waals surface area contributed by atoms with E-state index in [1.165, 1.54) is 0 Å². The highest BCUT2D eigenvalue weighted by molar-refractivity contribution is 8.98. The van der Waals surface area contributed by atoms with Gasteiger partial charge in [0, 0.05) is 24.6 Å². The highest BCUT2D eigenvalue weighted by Gasteiger charge is 2.29. The summed E-state index contributed by atoms with van der Waals surface area (Å²) in [6, 6.07) is 0. The van der Waals surface area contributed by atoms with Crippen molar-refractivity contribution in [2.75, 3.05) is 24.6 Å². The maximum atomic E-state index is 11.5. The number of thiocarbonyl (C=S) groups is 1. The Morgan fingerprint density at radius 3 is 1.73 bits per heavy atom. The zero-order chi connectivity index (χ0) is 19.1. The van der Waals surface area contributed by atoms with Gasteiger partial charge < -0.3 is 10.0 Å². The van der Waals surface area contributed by atoms with Crippen LogP contribution in [0.4, 0.5) is 4.79 Å². The van der Waals surface area contributed by atoms with Crippen LogP contribution in [0.25, 0.3) is 0 Å². The molecule has 0 aliphatic carbocycles. The highest BCUT2D eigenvalue weighted by Crippen LogP contribution is 2.58. The van der Waals surface area contributed by atoms with Gasteiger partial charge in [0.25, 0.3) is 0 Å². The Kier molecular flexibility index (Phi) is 18.9. The summed E-state index contributed by atoms with van der Waals surface area (Å²) in [4.78, 5) is 13.8. The van der Waals surface area contributed by atoms with Crippen molar-refractivity contribution in [3.63, 3.8) is 0 Å². The van der Waals surface area contributed by atoms with Crippen molar-refractivity contribution in [1.29, 1.82) is 0 Å². The topological polar surface area (TPSA) is 52.6 Å². The van der Waals surface area contributed by atoms with Gasteiger partial charge in [0.05, 0.1) is 0 Å². The molecule has 0 atom stereocenters. The first-order chi connectivity index (χ1) is 11.9. The number of amides is 1. The molecule has 0 aliphatic heterocycles. The molecule has 0 unspecified atom stereocenters. The Morgan fingerprint density at radius 2 is 1.38 bits per heavy atom. The molecule has 0 aromatic rings. The van der Waals surface area contributed by atoms with Crippen LogP contribution in [0.3, 0.4) is 0 Å². The van der Waals surface area contributed by atoms with E-state index < -0.39 is 15.3 Å². The zero-order valence-corrected chi connectivity index (χ0v) is 20.5. The van der Waals surface area contributed by atoms with Crippen LogP contribution in [0.15, 0.2) is 0 Å². The van der Waals surface area contributed by atoms with Crippen LogP contribution in [0.2, 0.25) is 0 Å². The van der Waals surface area contributed by atoms with Gasteiger partial charge >= 0.3 is 6.09 Å². The molecule has 158 valence electrons. The lowest BCUT2D eigenvalue weighted by Crippen LogP contribution is -2.34. The Morgan fingerprint density at radius 1 is 0.962 bits per heavy atom. The first-order valence-electron chi connectivity index (χ1n) is 9.72. The van der Waals surface area contributed by atoms with Crippen molar-refractivity contribution < 1.29 is 9.90 Å². The summed E-state index contributed by atoms with van der Waals surface area (Å²) >= 11 is 5.78. The van der Waals surface area contributed by atoms with E-state index in [0.29, 0.717) is 0 Å². The molecule has 0 aromatic heterocycles. The van der Waals surface area contributed by atoms with Crippen LogP contribution in [-0.4, -0.2) is 45.0 Å². The van der Waals surface area contributed by atoms with E-state index in [4.69, 9.17) is 12.2 Å². The van der Waals surface area contributed by atoms with Gasteiger partial charge in [0.1, 0.15) is 4.32 Å². The van der Waals surface area contributed by atoms with Gasteiger partial charge in [-0.1, -0.05) is 65.6 Å². The number of hydrogen-bond donors (Lipinski definition) is 2. The minimum absolute atomic E-state index is 0. The van der Waals surface area contributed by atoms with E-state index in [-0.39, 0.29) is 13.5 Å². The third-order valence-corrected chi connectivity index (χ3v) is 10.6. The highest BCUT2D eigenvalue weighted by atomic mass is 33.2. The quantitative estimate of drug-likeness (QED) is 0.236. The van der Waals surface area contributed by atoms with E-state index in [0.717, 1.165) is 80.3 Å². The number of nitrogens with one attached hydrogen (secondary N) is 1. The van der Waals surface area contributed by atoms with Crippen molar-refractivity contribution in [1.82, 2.24) is 9.62 Å². The first-order valence-corrected chi connectivity index (χ1v) is 13.4. The van der Waals surface area contributed by atoms with E-state index >= 15 is 0 Å². The normalized spacial score (nSPS) is 11.5. The second-order valence-corrected chi connectivity index (χ2v) is 12.6. The molecule has 1 amide bonds. The standard InChI is InChI=1S/C18H38N2O2S3.H2S/c1-5-9-13-20(14-10-6-2)18(23)24-25(15-11-7-3,16-12-8-4)19-17(21)22;/h19H,5-16H2,1-4H3,(H,21,22);1H2. The van der Waals surface area contributed by atoms with Gasteiger partial charge in [-0.3, -0.25) is 4.72 Å². The second-order valence-electron chi connectivity index (χ2n) is 6.38. The lowest BCUT2D eigenvalue weighted by molar-refractivity contribution is 0.201. The summed E-state index contributed by atoms with van der Waals surface area (Å²) in [7, 11) is 0.128. The number of rotatable bonds is 14. The van der Waals surface area contributed by atoms with E-state index in [9.17, 15) is 9.90 Å². The van der Waals surface area contributed by atoms with E-state index in [2.05, 4.69) is 37.3 Å². The molecular weight excluding hydrogens is 404 g/mol. The van der Waals surface area contributed by atoms with Gasteiger partial charge in [-0.05, 0) is 36.5 Å². The third-order valence-electron chi connectivity index (χ3n) is 3.98. The summed E-state index contributed by atoms with van der Waals surface area (Å²) < 4.78 is 3.80. The fourth-order valence-electron chi connectivity index (χ4n) is 2.40.